The molecule has 0 fully saturated rings. The number of hydrogen-bond donors (Lipinski definition) is 1. The Labute approximate surface area is 141 Å². The van der Waals surface area contributed by atoms with Gasteiger partial charge >= 0.3 is 7.60 Å². The average molecular weight is 341 g/mol. The van der Waals surface area contributed by atoms with Gasteiger partial charge in [0, 0.05) is 5.69 Å². The maximum absolute atomic E-state index is 13.1. The average Bonchev–Trinajstić information content (AvgIpc) is 2.55. The van der Waals surface area contributed by atoms with E-state index in [0.29, 0.717) is 24.2 Å². The fraction of sp³-hybridized carbons (Fsp3) is 0.667. The van der Waals surface area contributed by atoms with Gasteiger partial charge in [0.2, 0.25) is 0 Å². The van der Waals surface area contributed by atoms with Crippen LogP contribution >= 0.6 is 7.60 Å². The lowest BCUT2D eigenvalue weighted by atomic mass is 10.2. The number of anilines is 1. The van der Waals surface area contributed by atoms with Crippen molar-refractivity contribution in [1.82, 2.24) is 0 Å². The third kappa shape index (κ3) is 8.01. The van der Waals surface area contributed by atoms with Gasteiger partial charge in [0.25, 0.3) is 0 Å². The maximum atomic E-state index is 13.1. The second kappa shape index (κ2) is 11.7. The van der Waals surface area contributed by atoms with E-state index >= 15 is 0 Å². The van der Waals surface area contributed by atoms with Gasteiger partial charge in [-0.2, -0.15) is 0 Å². The summed E-state index contributed by atoms with van der Waals surface area (Å²) in [4.78, 5) is 0. The topological polar surface area (TPSA) is 61.5 Å². The van der Waals surface area contributed by atoms with E-state index in [1.165, 1.54) is 25.7 Å². The van der Waals surface area contributed by atoms with Gasteiger partial charge in [-0.1, -0.05) is 52.4 Å². The molecule has 0 aromatic heterocycles. The molecule has 0 bridgehead atoms. The summed E-state index contributed by atoms with van der Waals surface area (Å²) in [5.74, 6) is 0. The van der Waals surface area contributed by atoms with Gasteiger partial charge < -0.3 is 14.8 Å². The highest BCUT2D eigenvalue weighted by molar-refractivity contribution is 7.62. The van der Waals surface area contributed by atoms with Crippen molar-refractivity contribution < 1.29 is 13.6 Å². The zero-order chi connectivity index (χ0) is 17.0. The van der Waals surface area contributed by atoms with Gasteiger partial charge in [-0.05, 0) is 37.1 Å². The van der Waals surface area contributed by atoms with E-state index < -0.39 is 7.60 Å². The van der Waals surface area contributed by atoms with Crippen molar-refractivity contribution >= 4 is 18.6 Å². The Balaban J connectivity index is 2.59. The molecule has 0 amide bonds. The molecule has 0 heterocycles. The molecule has 23 heavy (non-hydrogen) atoms. The minimum atomic E-state index is -3.24. The predicted octanol–water partition coefficient (Wildman–Crippen LogP) is 5.28. The first kappa shape index (κ1) is 20.2. The van der Waals surface area contributed by atoms with E-state index in [-0.39, 0.29) is 0 Å². The van der Waals surface area contributed by atoms with Crippen molar-refractivity contribution in [3.63, 3.8) is 0 Å². The minimum Gasteiger partial charge on any atom is -0.399 e. The monoisotopic (exact) mass is 341 g/mol. The molecule has 1 rings (SSSR count). The second-order valence-corrected chi connectivity index (χ2v) is 7.90. The Morgan fingerprint density at radius 1 is 0.826 bits per heavy atom. The fourth-order valence-electron chi connectivity index (χ4n) is 2.27. The number of unbranched alkanes of at least 4 members (excludes halogenated alkanes) is 6. The van der Waals surface area contributed by atoms with Gasteiger partial charge in [0.15, 0.2) is 0 Å². The Kier molecular flexibility index (Phi) is 10.3. The van der Waals surface area contributed by atoms with E-state index in [9.17, 15) is 4.57 Å². The first-order valence-electron chi connectivity index (χ1n) is 8.87. The van der Waals surface area contributed by atoms with Gasteiger partial charge in [-0.3, -0.25) is 4.57 Å². The van der Waals surface area contributed by atoms with Crippen LogP contribution in [0.1, 0.15) is 65.2 Å². The number of rotatable bonds is 13. The molecule has 0 aliphatic rings. The molecular weight excluding hydrogens is 309 g/mol. The van der Waals surface area contributed by atoms with Gasteiger partial charge in [0.05, 0.1) is 18.5 Å². The van der Waals surface area contributed by atoms with Gasteiger partial charge in [-0.15, -0.1) is 0 Å². The molecule has 0 spiro atoms. The van der Waals surface area contributed by atoms with Crippen LogP contribution in [0.2, 0.25) is 0 Å². The summed E-state index contributed by atoms with van der Waals surface area (Å²) in [6.45, 7) is 5.27. The Hall–Kier alpha value is -0.830. The Morgan fingerprint density at radius 3 is 1.74 bits per heavy atom. The van der Waals surface area contributed by atoms with Crippen molar-refractivity contribution in [1.29, 1.82) is 0 Å². The molecule has 5 heteroatoms. The lowest BCUT2D eigenvalue weighted by Crippen LogP contribution is -2.12. The summed E-state index contributed by atoms with van der Waals surface area (Å²) in [6, 6.07) is 6.97. The third-order valence-electron chi connectivity index (χ3n) is 3.73. The van der Waals surface area contributed by atoms with E-state index in [0.717, 1.165) is 25.7 Å². The van der Waals surface area contributed by atoms with Crippen molar-refractivity contribution in [2.24, 2.45) is 0 Å². The van der Waals surface area contributed by atoms with E-state index in [1.807, 2.05) is 0 Å². The fourth-order valence-corrected chi connectivity index (χ4v) is 3.90. The molecule has 0 saturated heterocycles. The van der Waals surface area contributed by atoms with Gasteiger partial charge in [0.1, 0.15) is 0 Å². The lowest BCUT2D eigenvalue weighted by Gasteiger charge is -2.19. The maximum Gasteiger partial charge on any atom is 0.361 e. The normalized spacial score (nSPS) is 11.7. The van der Waals surface area contributed by atoms with Crippen molar-refractivity contribution in [3.05, 3.63) is 24.3 Å². The molecule has 0 radical (unpaired) electrons. The minimum absolute atomic E-state index is 0.469. The summed E-state index contributed by atoms with van der Waals surface area (Å²) < 4.78 is 24.5. The Bertz CT molecular complexity index is 444. The first-order chi connectivity index (χ1) is 11.1. The number of nitrogen functional groups attached to an aromatic ring is 1. The standard InChI is InChI=1S/C18H32NO3P/c1-3-5-7-9-15-21-23(20,22-16-10-8-6-4-2)18-13-11-17(19)12-14-18/h11-14H,3-10,15-16,19H2,1-2H3. The van der Waals surface area contributed by atoms with Crippen LogP contribution in [0.5, 0.6) is 0 Å². The zero-order valence-corrected chi connectivity index (χ0v) is 15.5. The van der Waals surface area contributed by atoms with E-state index in [2.05, 4.69) is 13.8 Å². The van der Waals surface area contributed by atoms with Crippen molar-refractivity contribution in [3.8, 4) is 0 Å². The van der Waals surface area contributed by atoms with Crippen molar-refractivity contribution in [2.45, 2.75) is 65.2 Å². The van der Waals surface area contributed by atoms with Crippen LogP contribution in [0.25, 0.3) is 0 Å². The molecule has 1 aromatic rings. The Morgan fingerprint density at radius 2 is 1.30 bits per heavy atom. The molecule has 0 unspecified atom stereocenters. The summed E-state index contributed by atoms with van der Waals surface area (Å²) >= 11 is 0. The highest BCUT2D eigenvalue weighted by Crippen LogP contribution is 2.47. The molecule has 0 saturated carbocycles. The zero-order valence-electron chi connectivity index (χ0n) is 14.6. The highest BCUT2D eigenvalue weighted by atomic mass is 31.2. The molecule has 0 aliphatic carbocycles. The summed E-state index contributed by atoms with van der Waals surface area (Å²) in [6.07, 6.45) is 8.69. The summed E-state index contributed by atoms with van der Waals surface area (Å²) in [5.41, 5.74) is 6.35. The van der Waals surface area contributed by atoms with Gasteiger partial charge in [-0.25, -0.2) is 0 Å². The van der Waals surface area contributed by atoms with E-state index in [1.54, 1.807) is 24.3 Å². The lowest BCUT2D eigenvalue weighted by molar-refractivity contribution is 0.206. The number of benzene rings is 1. The number of nitrogens with two attached hydrogens (primary N) is 1. The molecule has 1 aromatic carbocycles. The smallest absolute Gasteiger partial charge is 0.361 e. The molecule has 0 aliphatic heterocycles. The van der Waals surface area contributed by atoms with Crippen LogP contribution in [0, 0.1) is 0 Å². The molecule has 4 nitrogen and oxygen atoms in total. The van der Waals surface area contributed by atoms with Crippen LogP contribution in [0.4, 0.5) is 5.69 Å². The van der Waals surface area contributed by atoms with Crippen LogP contribution in [0.15, 0.2) is 24.3 Å². The second-order valence-electron chi connectivity index (χ2n) is 5.88. The van der Waals surface area contributed by atoms with Crippen LogP contribution in [0.3, 0.4) is 0 Å². The highest BCUT2D eigenvalue weighted by Gasteiger charge is 2.27. The third-order valence-corrected chi connectivity index (χ3v) is 5.70. The predicted molar refractivity (Wildman–Crippen MR) is 98.3 cm³/mol. The van der Waals surface area contributed by atoms with Crippen molar-refractivity contribution in [2.75, 3.05) is 18.9 Å². The van der Waals surface area contributed by atoms with Crippen LogP contribution in [-0.2, 0) is 13.6 Å². The molecule has 2 N–H and O–H groups in total. The summed E-state index contributed by atoms with van der Waals surface area (Å²) in [5, 5.41) is 0.595. The molecule has 0 atom stereocenters. The first-order valence-corrected chi connectivity index (χ1v) is 10.4. The van der Waals surface area contributed by atoms with Crippen LogP contribution in [-0.4, -0.2) is 13.2 Å². The van der Waals surface area contributed by atoms with E-state index in [4.69, 9.17) is 14.8 Å². The summed E-state index contributed by atoms with van der Waals surface area (Å²) in [7, 11) is -3.24. The largest absolute Gasteiger partial charge is 0.399 e. The molecule has 132 valence electrons. The number of hydrogen-bond acceptors (Lipinski definition) is 4. The quantitative estimate of drug-likeness (QED) is 0.301. The van der Waals surface area contributed by atoms with Crippen LogP contribution < -0.4 is 11.0 Å². The molecular formula is C18H32NO3P. The SMILES string of the molecule is CCCCCCOP(=O)(OCCCCCC)c1ccc(N)cc1.